The van der Waals surface area contributed by atoms with Gasteiger partial charge in [-0.1, -0.05) is 13.3 Å². The molecule has 3 aliphatic rings. The van der Waals surface area contributed by atoms with Crippen LogP contribution in [0, 0.1) is 17.8 Å². The Bertz CT molecular complexity index is 377. The molecule has 3 rings (SSSR count). The molecule has 2 heterocycles. The molecule has 2 aliphatic heterocycles. The van der Waals surface area contributed by atoms with Crippen LogP contribution in [0.25, 0.3) is 0 Å². The van der Waals surface area contributed by atoms with Gasteiger partial charge in [-0.05, 0) is 51.6 Å². The van der Waals surface area contributed by atoms with E-state index >= 15 is 0 Å². The summed E-state index contributed by atoms with van der Waals surface area (Å²) in [7, 11) is 0. The summed E-state index contributed by atoms with van der Waals surface area (Å²) in [6.07, 6.45) is 4.73. The lowest BCUT2D eigenvalue weighted by Gasteiger charge is -2.41. The number of rotatable bonds is 2. The topological polar surface area (TPSA) is 49.4 Å². The number of imide groups is 1. The van der Waals surface area contributed by atoms with Crippen molar-refractivity contribution in [3.05, 3.63) is 0 Å². The summed E-state index contributed by atoms with van der Waals surface area (Å²) >= 11 is 0. The van der Waals surface area contributed by atoms with Crippen molar-refractivity contribution in [2.45, 2.75) is 51.5 Å². The molecule has 19 heavy (non-hydrogen) atoms. The number of nitrogens with one attached hydrogen (secondary N) is 1. The molecular weight excluding hydrogens is 240 g/mol. The largest absolute Gasteiger partial charge is 0.317 e. The zero-order chi connectivity index (χ0) is 13.6. The predicted molar refractivity (Wildman–Crippen MR) is 72.4 cm³/mol. The lowest BCUT2D eigenvalue weighted by Crippen LogP contribution is -2.55. The first-order valence-electron chi connectivity index (χ1n) is 7.65. The molecule has 0 aromatic heterocycles. The first-order chi connectivity index (χ1) is 9.07. The lowest BCUT2D eigenvalue weighted by atomic mass is 9.88. The van der Waals surface area contributed by atoms with E-state index < -0.39 is 0 Å². The quantitative estimate of drug-likeness (QED) is 0.770. The van der Waals surface area contributed by atoms with Gasteiger partial charge in [0.1, 0.15) is 0 Å². The molecule has 0 radical (unpaired) electrons. The fourth-order valence-corrected chi connectivity index (χ4v) is 4.18. The molecule has 2 unspecified atom stereocenters. The van der Waals surface area contributed by atoms with E-state index in [1.807, 2.05) is 0 Å². The third-order valence-corrected chi connectivity index (χ3v) is 5.53. The molecule has 4 nitrogen and oxygen atoms in total. The Morgan fingerprint density at radius 1 is 1.16 bits per heavy atom. The Morgan fingerprint density at radius 3 is 2.16 bits per heavy atom. The van der Waals surface area contributed by atoms with E-state index in [0.717, 1.165) is 45.2 Å². The molecule has 106 valence electrons. The molecule has 1 aliphatic carbocycles. The predicted octanol–water partition coefficient (Wildman–Crippen LogP) is 1.55. The smallest absolute Gasteiger partial charge is 0.233 e. The second kappa shape index (κ2) is 4.58. The van der Waals surface area contributed by atoms with Crippen LogP contribution in [-0.4, -0.2) is 35.3 Å². The maximum Gasteiger partial charge on any atom is 0.233 e. The van der Waals surface area contributed by atoms with Crippen LogP contribution in [0.1, 0.15) is 46.0 Å². The number of fused-ring (bicyclic) bond motifs is 1. The first-order valence-corrected chi connectivity index (χ1v) is 7.65. The summed E-state index contributed by atoms with van der Waals surface area (Å²) in [4.78, 5) is 26.9. The highest BCUT2D eigenvalue weighted by Gasteiger charge is 2.56. The van der Waals surface area contributed by atoms with Gasteiger partial charge < -0.3 is 5.32 Å². The van der Waals surface area contributed by atoms with E-state index in [4.69, 9.17) is 0 Å². The van der Waals surface area contributed by atoms with Crippen LogP contribution in [0.4, 0.5) is 0 Å². The SMILES string of the molecule is CCC1CC2C(=O)N(C3(C)CCNCC3)C(=O)C2C1. The van der Waals surface area contributed by atoms with Crippen molar-refractivity contribution < 1.29 is 9.59 Å². The summed E-state index contributed by atoms with van der Waals surface area (Å²) in [5, 5.41) is 3.31. The van der Waals surface area contributed by atoms with Crippen molar-refractivity contribution in [1.29, 1.82) is 0 Å². The van der Waals surface area contributed by atoms with Crippen LogP contribution in [0.5, 0.6) is 0 Å². The van der Waals surface area contributed by atoms with Crippen molar-refractivity contribution in [2.24, 2.45) is 17.8 Å². The molecule has 2 amide bonds. The summed E-state index contributed by atoms with van der Waals surface area (Å²) in [6, 6.07) is 0. The van der Waals surface area contributed by atoms with Crippen LogP contribution in [-0.2, 0) is 9.59 Å². The monoisotopic (exact) mass is 264 g/mol. The number of nitrogens with zero attached hydrogens (tertiary/aromatic N) is 1. The minimum absolute atomic E-state index is 0.0100. The van der Waals surface area contributed by atoms with Gasteiger partial charge in [0.2, 0.25) is 11.8 Å². The highest BCUT2D eigenvalue weighted by atomic mass is 16.2. The Morgan fingerprint density at radius 2 is 1.68 bits per heavy atom. The summed E-state index contributed by atoms with van der Waals surface area (Å²) in [5.74, 6) is 0.796. The second-order valence-electron chi connectivity index (χ2n) is 6.72. The number of piperidine rings is 1. The van der Waals surface area contributed by atoms with Crippen molar-refractivity contribution in [1.82, 2.24) is 10.2 Å². The van der Waals surface area contributed by atoms with Gasteiger partial charge in [0.05, 0.1) is 17.4 Å². The fourth-order valence-electron chi connectivity index (χ4n) is 4.18. The number of hydrogen-bond acceptors (Lipinski definition) is 3. The Hall–Kier alpha value is -0.900. The maximum atomic E-state index is 12.6. The average molecular weight is 264 g/mol. The lowest BCUT2D eigenvalue weighted by molar-refractivity contribution is -0.148. The number of hydrogen-bond donors (Lipinski definition) is 1. The number of carbonyl (C=O) groups excluding carboxylic acids is 2. The van der Waals surface area contributed by atoms with Crippen molar-refractivity contribution >= 4 is 11.8 Å². The molecule has 0 bridgehead atoms. The van der Waals surface area contributed by atoms with Gasteiger partial charge in [-0.15, -0.1) is 0 Å². The van der Waals surface area contributed by atoms with Crippen LogP contribution in [0.15, 0.2) is 0 Å². The maximum absolute atomic E-state index is 12.6. The van der Waals surface area contributed by atoms with Gasteiger partial charge >= 0.3 is 0 Å². The number of carbonyl (C=O) groups is 2. The Labute approximate surface area is 114 Å². The summed E-state index contributed by atoms with van der Waals surface area (Å²) < 4.78 is 0. The molecule has 0 aromatic rings. The van der Waals surface area contributed by atoms with Gasteiger partial charge in [-0.3, -0.25) is 14.5 Å². The zero-order valence-electron chi connectivity index (χ0n) is 11.9. The van der Waals surface area contributed by atoms with Gasteiger partial charge in [0.15, 0.2) is 0 Å². The van der Waals surface area contributed by atoms with Gasteiger partial charge in [0, 0.05) is 0 Å². The van der Waals surface area contributed by atoms with Crippen LogP contribution >= 0.6 is 0 Å². The van der Waals surface area contributed by atoms with Crippen molar-refractivity contribution in [3.8, 4) is 0 Å². The molecule has 3 fully saturated rings. The van der Waals surface area contributed by atoms with Crippen LogP contribution in [0.2, 0.25) is 0 Å². The normalized spacial score (nSPS) is 37.8. The molecule has 2 atom stereocenters. The zero-order valence-corrected chi connectivity index (χ0v) is 11.9. The summed E-state index contributed by atoms with van der Waals surface area (Å²) in [6.45, 7) is 6.05. The summed E-state index contributed by atoms with van der Waals surface area (Å²) in [5.41, 5.74) is -0.245. The fraction of sp³-hybridized carbons (Fsp3) is 0.867. The van der Waals surface area contributed by atoms with E-state index in [-0.39, 0.29) is 29.2 Å². The van der Waals surface area contributed by atoms with E-state index in [1.54, 1.807) is 4.90 Å². The Kier molecular flexibility index (Phi) is 3.16. The molecular formula is C15H24N2O2. The third kappa shape index (κ3) is 1.92. The van der Waals surface area contributed by atoms with E-state index in [9.17, 15) is 9.59 Å². The second-order valence-corrected chi connectivity index (χ2v) is 6.72. The molecule has 1 saturated carbocycles. The Balaban J connectivity index is 1.82. The van der Waals surface area contributed by atoms with Gasteiger partial charge in [-0.25, -0.2) is 0 Å². The molecule has 0 aromatic carbocycles. The van der Waals surface area contributed by atoms with Gasteiger partial charge in [-0.2, -0.15) is 0 Å². The van der Waals surface area contributed by atoms with Crippen LogP contribution in [0.3, 0.4) is 0 Å². The van der Waals surface area contributed by atoms with Crippen molar-refractivity contribution in [3.63, 3.8) is 0 Å². The molecule has 1 N–H and O–H groups in total. The standard InChI is InChI=1S/C15H24N2O2/c1-3-10-8-11-12(9-10)14(19)17(13(11)18)15(2)4-6-16-7-5-15/h10-12,16H,3-9H2,1-2H3. The molecule has 0 spiro atoms. The minimum atomic E-state index is -0.245. The molecule has 4 heteroatoms. The van der Waals surface area contributed by atoms with Gasteiger partial charge in [0.25, 0.3) is 0 Å². The third-order valence-electron chi connectivity index (χ3n) is 5.53. The average Bonchev–Trinajstić information content (AvgIpc) is 2.91. The minimum Gasteiger partial charge on any atom is -0.317 e. The first kappa shape index (κ1) is 13.1. The highest BCUT2D eigenvalue weighted by molar-refractivity contribution is 6.06. The van der Waals surface area contributed by atoms with Crippen molar-refractivity contribution in [2.75, 3.05) is 13.1 Å². The van der Waals surface area contributed by atoms with Crippen LogP contribution < -0.4 is 5.32 Å². The highest BCUT2D eigenvalue weighted by Crippen LogP contribution is 2.47. The number of amides is 2. The molecule has 2 saturated heterocycles. The van der Waals surface area contributed by atoms with E-state index in [2.05, 4.69) is 19.2 Å². The number of likely N-dealkylation sites (tertiary alicyclic amines) is 1. The van der Waals surface area contributed by atoms with E-state index in [1.165, 1.54) is 0 Å². The van der Waals surface area contributed by atoms with E-state index in [0.29, 0.717) is 5.92 Å².